The highest BCUT2D eigenvalue weighted by Gasteiger charge is 2.04. The van der Waals surface area contributed by atoms with Gasteiger partial charge in [0.15, 0.2) is 0 Å². The Kier molecular flexibility index (Phi) is 5.46. The van der Waals surface area contributed by atoms with E-state index in [1.165, 1.54) is 0 Å². The molecule has 8 N–H and O–H groups in total. The van der Waals surface area contributed by atoms with Gasteiger partial charge in [0, 0.05) is 18.2 Å². The summed E-state index contributed by atoms with van der Waals surface area (Å²) in [5.74, 6) is 2.41. The van der Waals surface area contributed by atoms with Crippen LogP contribution >= 0.6 is 12.4 Å². The van der Waals surface area contributed by atoms with E-state index in [-0.39, 0.29) is 12.4 Å². The molecule has 0 aromatic heterocycles. The maximum Gasteiger partial charge on any atom is 0.131 e. The highest BCUT2D eigenvalue weighted by Crippen LogP contribution is 2.31. The third-order valence-corrected chi connectivity index (χ3v) is 3.39. The van der Waals surface area contributed by atoms with E-state index in [0.717, 1.165) is 0 Å². The van der Waals surface area contributed by atoms with E-state index in [4.69, 9.17) is 32.4 Å². The minimum atomic E-state index is 0. The number of anilines is 4. The highest BCUT2D eigenvalue weighted by atomic mass is 35.5. The normalized spacial score (nSPS) is 9.92. The molecule has 0 aliphatic rings. The summed E-state index contributed by atoms with van der Waals surface area (Å²) in [4.78, 5) is 0. The summed E-state index contributed by atoms with van der Waals surface area (Å²) in [6.45, 7) is 0. The molecule has 25 heavy (non-hydrogen) atoms. The molecule has 0 saturated carbocycles. The van der Waals surface area contributed by atoms with Crippen LogP contribution < -0.4 is 32.4 Å². The Morgan fingerprint density at radius 3 is 1.28 bits per heavy atom. The molecule has 3 rings (SSSR count). The van der Waals surface area contributed by atoms with Crippen molar-refractivity contribution in [3.63, 3.8) is 0 Å². The Morgan fingerprint density at radius 1 is 0.480 bits per heavy atom. The van der Waals surface area contributed by atoms with E-state index in [0.29, 0.717) is 45.7 Å². The molecule has 7 heteroatoms. The summed E-state index contributed by atoms with van der Waals surface area (Å²) in [5.41, 5.74) is 24.9. The summed E-state index contributed by atoms with van der Waals surface area (Å²) in [5, 5.41) is 0. The lowest BCUT2D eigenvalue weighted by Crippen LogP contribution is -1.95. The predicted octanol–water partition coefficient (Wildman–Crippen LogP) is 4.02. The van der Waals surface area contributed by atoms with Gasteiger partial charge in [0.25, 0.3) is 0 Å². The Labute approximate surface area is 151 Å². The Hall–Kier alpha value is -3.25. The van der Waals surface area contributed by atoms with Crippen molar-refractivity contribution in [3.05, 3.63) is 60.7 Å². The minimum Gasteiger partial charge on any atom is -0.457 e. The van der Waals surface area contributed by atoms with Gasteiger partial charge in [0.05, 0.1) is 22.7 Å². The molecule has 0 bridgehead atoms. The summed E-state index contributed by atoms with van der Waals surface area (Å²) in [7, 11) is 0. The lowest BCUT2D eigenvalue weighted by atomic mass is 10.2. The van der Waals surface area contributed by atoms with E-state index in [9.17, 15) is 0 Å². The van der Waals surface area contributed by atoms with E-state index >= 15 is 0 Å². The van der Waals surface area contributed by atoms with Crippen LogP contribution in [0.15, 0.2) is 60.7 Å². The number of nitrogens with two attached hydrogens (primary N) is 4. The molecule has 0 aliphatic carbocycles. The Bertz CT molecular complexity index is 818. The molecule has 0 amide bonds. The molecule has 0 heterocycles. The molecular formula is C18H19ClN4O2. The van der Waals surface area contributed by atoms with Gasteiger partial charge in [-0.05, 0) is 36.4 Å². The van der Waals surface area contributed by atoms with E-state index < -0.39 is 0 Å². The van der Waals surface area contributed by atoms with Crippen molar-refractivity contribution in [3.8, 4) is 23.0 Å². The molecule has 3 aromatic rings. The maximum atomic E-state index is 5.78. The average molecular weight is 359 g/mol. The average Bonchev–Trinajstić information content (AvgIpc) is 2.55. The molecule has 3 aromatic carbocycles. The van der Waals surface area contributed by atoms with Gasteiger partial charge >= 0.3 is 0 Å². The van der Waals surface area contributed by atoms with Crippen molar-refractivity contribution in [2.75, 3.05) is 22.9 Å². The zero-order valence-corrected chi connectivity index (χ0v) is 14.1. The van der Waals surface area contributed by atoms with Crippen LogP contribution in [0.4, 0.5) is 22.7 Å². The summed E-state index contributed by atoms with van der Waals surface area (Å²) < 4.78 is 11.6. The molecule has 6 nitrogen and oxygen atoms in total. The number of benzene rings is 3. The number of rotatable bonds is 4. The summed E-state index contributed by atoms with van der Waals surface area (Å²) in [6.07, 6.45) is 0. The van der Waals surface area contributed by atoms with Gasteiger partial charge in [-0.1, -0.05) is 6.07 Å². The Balaban J connectivity index is 0.00000225. The zero-order valence-electron chi connectivity index (χ0n) is 13.3. The van der Waals surface area contributed by atoms with Gasteiger partial charge in [-0.15, -0.1) is 12.4 Å². The van der Waals surface area contributed by atoms with Crippen LogP contribution in [0, 0.1) is 0 Å². The fraction of sp³-hybridized carbons (Fsp3) is 0. The topological polar surface area (TPSA) is 123 Å². The maximum absolute atomic E-state index is 5.78. The Morgan fingerprint density at radius 2 is 0.880 bits per heavy atom. The van der Waals surface area contributed by atoms with Crippen LogP contribution in [0.2, 0.25) is 0 Å². The lowest BCUT2D eigenvalue weighted by molar-refractivity contribution is 0.460. The minimum absolute atomic E-state index is 0. The van der Waals surface area contributed by atoms with Crippen molar-refractivity contribution < 1.29 is 9.47 Å². The van der Waals surface area contributed by atoms with Gasteiger partial charge in [-0.2, -0.15) is 0 Å². The molecule has 0 unspecified atom stereocenters. The van der Waals surface area contributed by atoms with Crippen molar-refractivity contribution in [1.29, 1.82) is 0 Å². The zero-order chi connectivity index (χ0) is 17.1. The van der Waals surface area contributed by atoms with Crippen LogP contribution in [0.5, 0.6) is 23.0 Å². The number of hydrogen-bond acceptors (Lipinski definition) is 6. The quantitative estimate of drug-likeness (QED) is 0.522. The van der Waals surface area contributed by atoms with Crippen LogP contribution in [-0.2, 0) is 0 Å². The van der Waals surface area contributed by atoms with Gasteiger partial charge in [0.2, 0.25) is 0 Å². The van der Waals surface area contributed by atoms with E-state index in [2.05, 4.69) is 0 Å². The van der Waals surface area contributed by atoms with Gasteiger partial charge in [-0.3, -0.25) is 0 Å². The molecule has 0 fully saturated rings. The fourth-order valence-corrected chi connectivity index (χ4v) is 2.11. The third-order valence-electron chi connectivity index (χ3n) is 3.39. The highest BCUT2D eigenvalue weighted by molar-refractivity contribution is 5.85. The van der Waals surface area contributed by atoms with Crippen LogP contribution in [0.1, 0.15) is 0 Å². The van der Waals surface area contributed by atoms with Crippen molar-refractivity contribution in [2.45, 2.75) is 0 Å². The largest absolute Gasteiger partial charge is 0.457 e. The van der Waals surface area contributed by atoms with Gasteiger partial charge in [0.1, 0.15) is 23.0 Å². The molecule has 0 radical (unpaired) electrons. The van der Waals surface area contributed by atoms with Crippen molar-refractivity contribution in [2.24, 2.45) is 0 Å². The molecule has 0 spiro atoms. The molecule has 0 aliphatic heterocycles. The summed E-state index contributed by atoms with van der Waals surface area (Å²) >= 11 is 0. The predicted molar refractivity (Wildman–Crippen MR) is 104 cm³/mol. The molecule has 130 valence electrons. The first-order chi connectivity index (χ1) is 11.5. The second-order valence-corrected chi connectivity index (χ2v) is 5.26. The lowest BCUT2D eigenvalue weighted by Gasteiger charge is -2.11. The molecule has 0 atom stereocenters. The number of hydrogen-bond donors (Lipinski definition) is 4. The molecule has 0 saturated heterocycles. The number of halogens is 1. The second kappa shape index (κ2) is 7.55. The first-order valence-corrected chi connectivity index (χ1v) is 7.27. The van der Waals surface area contributed by atoms with Crippen LogP contribution in [-0.4, -0.2) is 0 Å². The van der Waals surface area contributed by atoms with Crippen molar-refractivity contribution >= 4 is 35.2 Å². The number of nitrogen functional groups attached to an aromatic ring is 4. The fourth-order valence-electron chi connectivity index (χ4n) is 2.11. The third kappa shape index (κ3) is 4.39. The molecular weight excluding hydrogens is 340 g/mol. The van der Waals surface area contributed by atoms with Crippen LogP contribution in [0.3, 0.4) is 0 Å². The van der Waals surface area contributed by atoms with E-state index in [1.807, 2.05) is 18.2 Å². The van der Waals surface area contributed by atoms with Crippen molar-refractivity contribution in [1.82, 2.24) is 0 Å². The van der Waals surface area contributed by atoms with Gasteiger partial charge < -0.3 is 32.4 Å². The van der Waals surface area contributed by atoms with E-state index in [1.54, 1.807) is 42.5 Å². The van der Waals surface area contributed by atoms with Gasteiger partial charge in [-0.25, -0.2) is 0 Å². The van der Waals surface area contributed by atoms with Crippen LogP contribution in [0.25, 0.3) is 0 Å². The SMILES string of the molecule is Cl.Nc1ccc(Oc2cccc(Oc3ccc(N)c(N)c3)c2)cc1N. The smallest absolute Gasteiger partial charge is 0.131 e. The first kappa shape index (κ1) is 18.1. The number of ether oxygens (including phenoxy) is 2. The first-order valence-electron chi connectivity index (χ1n) is 7.27. The monoisotopic (exact) mass is 358 g/mol. The summed E-state index contributed by atoms with van der Waals surface area (Å²) in [6, 6.07) is 17.5. The second-order valence-electron chi connectivity index (χ2n) is 5.26. The standard InChI is InChI=1S/C18H18N4O2.ClH/c19-15-6-4-13(9-17(15)21)23-11-2-1-3-12(8-11)24-14-5-7-16(20)18(22)10-14;/h1-10H,19-22H2;1H.